The van der Waals surface area contributed by atoms with E-state index in [4.69, 9.17) is 4.74 Å². The highest BCUT2D eigenvalue weighted by Crippen LogP contribution is 2.32. The summed E-state index contributed by atoms with van der Waals surface area (Å²) in [5.74, 6) is 0.563. The number of hydrogen-bond donors (Lipinski definition) is 1. The van der Waals surface area contributed by atoms with E-state index >= 15 is 0 Å². The van der Waals surface area contributed by atoms with Crippen LogP contribution in [0.1, 0.15) is 13.8 Å². The Bertz CT molecular complexity index is 471. The van der Waals surface area contributed by atoms with Crippen molar-refractivity contribution in [2.45, 2.75) is 26.1 Å². The summed E-state index contributed by atoms with van der Waals surface area (Å²) in [6.07, 6.45) is 1.35. The number of nitro groups is 1. The van der Waals surface area contributed by atoms with Gasteiger partial charge in [-0.25, -0.2) is 9.97 Å². The smallest absolute Gasteiger partial charge is 0.353 e. The molecule has 1 aromatic heterocycles. The molecule has 1 aromatic rings. The topological polar surface area (TPSA) is 93.4 Å². The molecule has 8 nitrogen and oxygen atoms in total. The monoisotopic (exact) mass is 267 g/mol. The van der Waals surface area contributed by atoms with E-state index in [9.17, 15) is 10.1 Å². The van der Waals surface area contributed by atoms with E-state index in [-0.39, 0.29) is 23.7 Å². The molecule has 0 radical (unpaired) electrons. The van der Waals surface area contributed by atoms with Crippen LogP contribution in [0.25, 0.3) is 0 Å². The maximum atomic E-state index is 11.2. The molecule has 0 bridgehead atoms. The van der Waals surface area contributed by atoms with Crippen LogP contribution in [0.4, 0.5) is 17.3 Å². The van der Waals surface area contributed by atoms with Gasteiger partial charge in [0, 0.05) is 20.1 Å². The second kappa shape index (κ2) is 5.35. The van der Waals surface area contributed by atoms with Gasteiger partial charge in [0.05, 0.1) is 17.1 Å². The fourth-order valence-corrected chi connectivity index (χ4v) is 2.30. The molecule has 1 aliphatic heterocycles. The Morgan fingerprint density at radius 1 is 1.42 bits per heavy atom. The minimum atomic E-state index is -0.452. The molecule has 0 amide bonds. The van der Waals surface area contributed by atoms with Gasteiger partial charge in [0.1, 0.15) is 6.33 Å². The van der Waals surface area contributed by atoms with Crippen molar-refractivity contribution in [3.63, 3.8) is 0 Å². The molecule has 1 aliphatic rings. The van der Waals surface area contributed by atoms with Gasteiger partial charge in [-0.3, -0.25) is 10.1 Å². The second-order valence-corrected chi connectivity index (χ2v) is 4.56. The molecule has 2 atom stereocenters. The second-order valence-electron chi connectivity index (χ2n) is 4.56. The molecule has 0 aliphatic carbocycles. The predicted octanol–water partition coefficient (Wildman–Crippen LogP) is 1.04. The largest absolute Gasteiger partial charge is 0.372 e. The van der Waals surface area contributed by atoms with Crippen molar-refractivity contribution in [3.8, 4) is 0 Å². The van der Waals surface area contributed by atoms with Gasteiger partial charge in [0.25, 0.3) is 0 Å². The zero-order valence-electron chi connectivity index (χ0n) is 11.2. The van der Waals surface area contributed by atoms with Gasteiger partial charge < -0.3 is 15.0 Å². The summed E-state index contributed by atoms with van der Waals surface area (Å²) in [6, 6.07) is 0. The Morgan fingerprint density at radius 2 is 2.05 bits per heavy atom. The van der Waals surface area contributed by atoms with Crippen LogP contribution in [0.2, 0.25) is 0 Å². The summed E-state index contributed by atoms with van der Waals surface area (Å²) >= 11 is 0. The van der Waals surface area contributed by atoms with Crippen LogP contribution in [-0.2, 0) is 4.74 Å². The van der Waals surface area contributed by atoms with Crippen LogP contribution in [0.5, 0.6) is 0 Å². The summed E-state index contributed by atoms with van der Waals surface area (Å²) in [5.41, 5.74) is -0.0914. The number of hydrogen-bond acceptors (Lipinski definition) is 7. The SMILES string of the molecule is CNc1ncnc(N2CC(C)OC(C)C2)c1[N+](=O)[O-]. The Balaban J connectivity index is 2.41. The summed E-state index contributed by atoms with van der Waals surface area (Å²) in [4.78, 5) is 20.6. The molecule has 2 rings (SSSR count). The minimum Gasteiger partial charge on any atom is -0.372 e. The Kier molecular flexibility index (Phi) is 3.79. The lowest BCUT2D eigenvalue weighted by Gasteiger charge is -2.35. The third-order valence-corrected chi connectivity index (χ3v) is 2.94. The van der Waals surface area contributed by atoms with Crippen LogP contribution >= 0.6 is 0 Å². The average Bonchev–Trinajstić information content (AvgIpc) is 2.36. The van der Waals surface area contributed by atoms with Gasteiger partial charge in [-0.05, 0) is 13.8 Å². The molecule has 8 heteroatoms. The van der Waals surface area contributed by atoms with Crippen LogP contribution in [0.15, 0.2) is 6.33 Å². The Morgan fingerprint density at radius 3 is 2.58 bits per heavy atom. The normalized spacial score (nSPS) is 23.2. The third kappa shape index (κ3) is 2.73. The van der Waals surface area contributed by atoms with Crippen molar-refractivity contribution in [1.82, 2.24) is 9.97 Å². The Labute approximate surface area is 110 Å². The zero-order valence-corrected chi connectivity index (χ0v) is 11.2. The maximum Gasteiger partial charge on any atom is 0.353 e. The van der Waals surface area contributed by atoms with Crippen LogP contribution in [0.3, 0.4) is 0 Å². The van der Waals surface area contributed by atoms with Crippen LogP contribution < -0.4 is 10.2 Å². The summed E-state index contributed by atoms with van der Waals surface area (Å²) in [5, 5.41) is 14.0. The van der Waals surface area contributed by atoms with Crippen molar-refractivity contribution >= 4 is 17.3 Å². The maximum absolute atomic E-state index is 11.2. The molecular formula is C11H17N5O3. The predicted molar refractivity (Wildman–Crippen MR) is 70.5 cm³/mol. The highest BCUT2D eigenvalue weighted by Gasteiger charge is 2.31. The summed E-state index contributed by atoms with van der Waals surface area (Å²) in [6.45, 7) is 5.03. The first-order valence-corrected chi connectivity index (χ1v) is 6.10. The van der Waals surface area contributed by atoms with Crippen LogP contribution in [0, 0.1) is 10.1 Å². The Hall–Kier alpha value is -1.96. The van der Waals surface area contributed by atoms with E-state index in [0.29, 0.717) is 18.9 Å². The minimum absolute atomic E-state index is 0.0105. The fourth-order valence-electron chi connectivity index (χ4n) is 2.30. The van der Waals surface area contributed by atoms with Gasteiger partial charge in [-0.1, -0.05) is 0 Å². The molecular weight excluding hydrogens is 250 g/mol. The number of rotatable bonds is 3. The van der Waals surface area contributed by atoms with Crippen molar-refractivity contribution in [3.05, 3.63) is 16.4 Å². The molecule has 1 saturated heterocycles. The van der Waals surface area contributed by atoms with Gasteiger partial charge in [0.2, 0.25) is 11.6 Å². The average molecular weight is 267 g/mol. The van der Waals surface area contributed by atoms with E-state index < -0.39 is 4.92 Å². The number of anilines is 2. The molecule has 0 saturated carbocycles. The molecule has 1 N–H and O–H groups in total. The van der Waals surface area contributed by atoms with E-state index in [1.165, 1.54) is 6.33 Å². The first-order chi connectivity index (χ1) is 9.02. The summed E-state index contributed by atoms with van der Waals surface area (Å²) in [7, 11) is 1.60. The van der Waals surface area contributed by atoms with Crippen molar-refractivity contribution in [2.24, 2.45) is 0 Å². The highest BCUT2D eigenvalue weighted by molar-refractivity contribution is 5.70. The summed E-state index contributed by atoms with van der Waals surface area (Å²) < 4.78 is 5.62. The number of morpholine rings is 1. The molecule has 0 spiro atoms. The molecule has 2 unspecified atom stereocenters. The molecule has 1 fully saturated rings. The van der Waals surface area contributed by atoms with Crippen LogP contribution in [-0.4, -0.2) is 47.2 Å². The van der Waals surface area contributed by atoms with E-state index in [2.05, 4.69) is 15.3 Å². The number of nitrogens with one attached hydrogen (secondary N) is 1. The third-order valence-electron chi connectivity index (χ3n) is 2.94. The quantitative estimate of drug-likeness (QED) is 0.646. The molecule has 104 valence electrons. The first-order valence-electron chi connectivity index (χ1n) is 6.10. The highest BCUT2D eigenvalue weighted by atomic mass is 16.6. The lowest BCUT2D eigenvalue weighted by molar-refractivity contribution is -0.383. The van der Waals surface area contributed by atoms with Gasteiger partial charge >= 0.3 is 5.69 Å². The van der Waals surface area contributed by atoms with E-state index in [1.54, 1.807) is 7.05 Å². The van der Waals surface area contributed by atoms with Crippen molar-refractivity contribution < 1.29 is 9.66 Å². The van der Waals surface area contributed by atoms with Crippen molar-refractivity contribution in [2.75, 3.05) is 30.4 Å². The number of aromatic nitrogens is 2. The fraction of sp³-hybridized carbons (Fsp3) is 0.636. The molecule has 2 heterocycles. The van der Waals surface area contributed by atoms with Crippen molar-refractivity contribution in [1.29, 1.82) is 0 Å². The van der Waals surface area contributed by atoms with E-state index in [1.807, 2.05) is 18.7 Å². The lowest BCUT2D eigenvalue weighted by Crippen LogP contribution is -2.46. The lowest BCUT2D eigenvalue weighted by atomic mass is 10.2. The van der Waals surface area contributed by atoms with Gasteiger partial charge in [-0.15, -0.1) is 0 Å². The number of nitrogens with zero attached hydrogens (tertiary/aromatic N) is 4. The van der Waals surface area contributed by atoms with E-state index in [0.717, 1.165) is 0 Å². The standard InChI is InChI=1S/C11H17N5O3/c1-7-4-15(5-8(2)19-7)11-9(16(17)18)10(12-3)13-6-14-11/h6-8H,4-5H2,1-3H3,(H,12,13,14). The van der Waals surface area contributed by atoms with Gasteiger partial charge in [-0.2, -0.15) is 0 Å². The first kappa shape index (κ1) is 13.5. The zero-order chi connectivity index (χ0) is 14.0. The molecule has 19 heavy (non-hydrogen) atoms. The molecule has 0 aromatic carbocycles. The van der Waals surface area contributed by atoms with Gasteiger partial charge in [0.15, 0.2) is 0 Å². The number of ether oxygens (including phenoxy) is 1.